The second-order valence-corrected chi connectivity index (χ2v) is 6.56. The third-order valence-corrected chi connectivity index (χ3v) is 4.93. The number of carbonyl (C=O) groups is 1. The van der Waals surface area contributed by atoms with Crippen LogP contribution in [0.2, 0.25) is 10.0 Å². The molecular weight excluding hydrogens is 333 g/mol. The van der Waals surface area contributed by atoms with Crippen molar-refractivity contribution in [3.8, 4) is 0 Å². The number of hydrogen-bond acceptors (Lipinski definition) is 4. The van der Waals surface area contributed by atoms with Crippen LogP contribution >= 0.6 is 23.2 Å². The Morgan fingerprint density at radius 1 is 1.29 bits per heavy atom. The lowest BCUT2D eigenvalue weighted by Crippen LogP contribution is -2.31. The van der Waals surface area contributed by atoms with Gasteiger partial charge in [0, 0.05) is 6.04 Å². The zero-order valence-corrected chi connectivity index (χ0v) is 13.3. The molecule has 3 rings (SSSR count). The number of carboxylic acids is 1. The topological polar surface area (TPSA) is 74.0 Å². The third-order valence-electron chi connectivity index (χ3n) is 3.82. The molecule has 112 valence electrons. The van der Waals surface area contributed by atoms with E-state index in [0.29, 0.717) is 33.5 Å². The number of nitrogens with zero attached hydrogens (tertiary/aromatic N) is 2. The van der Waals surface area contributed by atoms with Crippen molar-refractivity contribution in [1.82, 2.24) is 0 Å². The van der Waals surface area contributed by atoms with Gasteiger partial charge >= 0.3 is 5.97 Å². The smallest absolute Gasteiger partial charge is 0.306 e. The molecule has 1 aliphatic heterocycles. The summed E-state index contributed by atoms with van der Waals surface area (Å²) in [4.78, 5) is 11.1. The fraction of sp³-hybridized carbons (Fsp3) is 0.462. The number of rotatable bonds is 3. The Bertz CT molecular complexity index is 674. The predicted molar refractivity (Wildman–Crippen MR) is 85.0 cm³/mol. The van der Waals surface area contributed by atoms with Crippen molar-refractivity contribution < 1.29 is 9.90 Å². The lowest BCUT2D eigenvalue weighted by Gasteiger charge is -2.29. The summed E-state index contributed by atoms with van der Waals surface area (Å²) in [6.07, 6.45) is 3.13. The van der Waals surface area contributed by atoms with E-state index in [1.54, 1.807) is 6.07 Å². The Morgan fingerprint density at radius 3 is 2.81 bits per heavy atom. The normalized spacial score (nSPS) is 23.5. The van der Waals surface area contributed by atoms with Crippen LogP contribution in [0.1, 0.15) is 25.7 Å². The van der Waals surface area contributed by atoms with Crippen molar-refractivity contribution in [3.63, 3.8) is 0 Å². The SMILES string of the molecule is O=C(O)C1CCCC(Nc2c(Cl)cc(Cl)c3c2N=S=N3)C1. The van der Waals surface area contributed by atoms with Gasteiger partial charge in [0.2, 0.25) is 0 Å². The number of nitrogens with one attached hydrogen (secondary N) is 1. The van der Waals surface area contributed by atoms with E-state index in [4.69, 9.17) is 28.3 Å². The average Bonchev–Trinajstić information content (AvgIpc) is 2.93. The summed E-state index contributed by atoms with van der Waals surface area (Å²) in [7, 11) is 0. The van der Waals surface area contributed by atoms with E-state index in [-0.39, 0.29) is 12.0 Å². The highest BCUT2D eigenvalue weighted by atomic mass is 35.5. The lowest BCUT2D eigenvalue weighted by atomic mass is 9.85. The molecule has 21 heavy (non-hydrogen) atoms. The van der Waals surface area contributed by atoms with Crippen LogP contribution in [0, 0.1) is 5.92 Å². The highest BCUT2D eigenvalue weighted by molar-refractivity contribution is 7.58. The first-order valence-electron chi connectivity index (χ1n) is 6.66. The van der Waals surface area contributed by atoms with Crippen molar-refractivity contribution >= 4 is 57.6 Å². The molecule has 0 radical (unpaired) electrons. The van der Waals surface area contributed by atoms with E-state index >= 15 is 0 Å². The first-order valence-corrected chi connectivity index (χ1v) is 8.14. The highest BCUT2D eigenvalue weighted by Crippen LogP contribution is 2.48. The minimum atomic E-state index is -0.732. The molecule has 0 bridgehead atoms. The van der Waals surface area contributed by atoms with Crippen LogP contribution in [0.4, 0.5) is 17.1 Å². The summed E-state index contributed by atoms with van der Waals surface area (Å²) in [5.41, 5.74) is 1.97. The molecule has 1 aromatic carbocycles. The summed E-state index contributed by atoms with van der Waals surface area (Å²) in [6, 6.07) is 1.72. The largest absolute Gasteiger partial charge is 0.481 e. The molecular formula is C13H13Cl2N3O2S. The summed E-state index contributed by atoms with van der Waals surface area (Å²) in [6.45, 7) is 0. The van der Waals surface area contributed by atoms with E-state index in [9.17, 15) is 4.79 Å². The number of fused-ring (bicyclic) bond motifs is 1. The Labute approximate surface area is 135 Å². The molecule has 8 heteroatoms. The van der Waals surface area contributed by atoms with Gasteiger partial charge in [-0.1, -0.05) is 29.6 Å². The van der Waals surface area contributed by atoms with Gasteiger partial charge in [0.25, 0.3) is 0 Å². The molecule has 1 fully saturated rings. The van der Waals surface area contributed by atoms with E-state index in [2.05, 4.69) is 14.0 Å². The molecule has 2 atom stereocenters. The van der Waals surface area contributed by atoms with Gasteiger partial charge in [0.15, 0.2) is 0 Å². The molecule has 1 aliphatic carbocycles. The highest BCUT2D eigenvalue weighted by Gasteiger charge is 2.28. The Morgan fingerprint density at radius 2 is 2.05 bits per heavy atom. The number of aliphatic carboxylic acids is 1. The van der Waals surface area contributed by atoms with E-state index in [0.717, 1.165) is 30.6 Å². The maximum atomic E-state index is 11.1. The zero-order valence-electron chi connectivity index (χ0n) is 11.0. The second kappa shape index (κ2) is 5.94. The van der Waals surface area contributed by atoms with Crippen molar-refractivity contribution in [2.45, 2.75) is 31.7 Å². The van der Waals surface area contributed by atoms with Gasteiger partial charge in [-0.2, -0.15) is 8.73 Å². The molecule has 0 amide bonds. The molecule has 2 unspecified atom stereocenters. The maximum absolute atomic E-state index is 11.1. The van der Waals surface area contributed by atoms with Gasteiger partial charge in [-0.05, 0) is 25.3 Å². The van der Waals surface area contributed by atoms with Crippen LogP contribution in [0.25, 0.3) is 0 Å². The molecule has 0 saturated heterocycles. The molecule has 0 spiro atoms. The van der Waals surface area contributed by atoms with Crippen molar-refractivity contribution in [3.05, 3.63) is 16.1 Å². The third kappa shape index (κ3) is 2.93. The van der Waals surface area contributed by atoms with Gasteiger partial charge in [-0.25, -0.2) is 0 Å². The Hall–Kier alpha value is -1.11. The van der Waals surface area contributed by atoms with Gasteiger partial charge in [0.05, 0.1) is 33.0 Å². The Balaban J connectivity index is 1.84. The first-order chi connectivity index (χ1) is 10.1. The van der Waals surface area contributed by atoms with Crippen LogP contribution in [-0.4, -0.2) is 17.1 Å². The first kappa shape index (κ1) is 14.8. The average molecular weight is 346 g/mol. The Kier molecular flexibility index (Phi) is 4.19. The molecule has 1 aromatic rings. The fourth-order valence-electron chi connectivity index (χ4n) is 2.76. The summed E-state index contributed by atoms with van der Waals surface area (Å²) >= 11 is 13.4. The summed E-state index contributed by atoms with van der Waals surface area (Å²) < 4.78 is 8.40. The number of anilines is 1. The number of hydrogen-bond donors (Lipinski definition) is 2. The molecule has 2 N–H and O–H groups in total. The molecule has 0 aromatic heterocycles. The number of carboxylic acid groups (broad SMARTS) is 1. The molecule has 1 heterocycles. The van der Waals surface area contributed by atoms with E-state index in [1.807, 2.05) is 0 Å². The lowest BCUT2D eigenvalue weighted by molar-refractivity contribution is -0.142. The van der Waals surface area contributed by atoms with Crippen LogP contribution in [0.15, 0.2) is 14.8 Å². The monoisotopic (exact) mass is 345 g/mol. The maximum Gasteiger partial charge on any atom is 0.306 e. The van der Waals surface area contributed by atoms with Gasteiger partial charge < -0.3 is 10.4 Å². The van der Waals surface area contributed by atoms with Crippen LogP contribution < -0.4 is 5.32 Å². The fourth-order valence-corrected chi connectivity index (χ4v) is 3.93. The van der Waals surface area contributed by atoms with Gasteiger partial charge in [-0.3, -0.25) is 4.79 Å². The molecule has 1 saturated carbocycles. The van der Waals surface area contributed by atoms with Crippen molar-refractivity contribution in [2.75, 3.05) is 5.32 Å². The summed E-state index contributed by atoms with van der Waals surface area (Å²) in [5.74, 6) is -1.03. The van der Waals surface area contributed by atoms with Crippen LogP contribution in [0.5, 0.6) is 0 Å². The minimum absolute atomic E-state index is 0.0726. The quantitative estimate of drug-likeness (QED) is 0.840. The number of benzene rings is 1. The zero-order chi connectivity index (χ0) is 15.0. The second-order valence-electron chi connectivity index (χ2n) is 5.22. The standard InChI is InChI=1S/C13H13Cl2N3O2S/c14-8-5-9(15)11-12(18-21-17-11)10(8)16-7-3-1-2-6(4-7)13(19)20/h5-7,16H,1-4H2,(H,19,20). The predicted octanol–water partition coefficient (Wildman–Crippen LogP) is 4.78. The molecule has 2 aliphatic rings. The van der Waals surface area contributed by atoms with E-state index < -0.39 is 5.97 Å². The van der Waals surface area contributed by atoms with Gasteiger partial charge in [-0.15, -0.1) is 0 Å². The van der Waals surface area contributed by atoms with Crippen molar-refractivity contribution in [1.29, 1.82) is 0 Å². The van der Waals surface area contributed by atoms with Gasteiger partial charge in [0.1, 0.15) is 11.4 Å². The van der Waals surface area contributed by atoms with Crippen molar-refractivity contribution in [2.24, 2.45) is 14.6 Å². The number of halogens is 2. The van der Waals surface area contributed by atoms with Crippen LogP contribution in [0.3, 0.4) is 0 Å². The molecule has 5 nitrogen and oxygen atoms in total. The minimum Gasteiger partial charge on any atom is -0.481 e. The van der Waals surface area contributed by atoms with E-state index in [1.165, 1.54) is 0 Å². The van der Waals surface area contributed by atoms with Crippen LogP contribution in [-0.2, 0) is 16.1 Å². The summed E-state index contributed by atoms with van der Waals surface area (Å²) in [5, 5.41) is 13.5.